The molecule has 0 unspecified atom stereocenters. The van der Waals surface area contributed by atoms with Crippen LogP contribution in [0.4, 0.5) is 10.5 Å². The highest BCUT2D eigenvalue weighted by Crippen LogP contribution is 2.28. The zero-order valence-corrected chi connectivity index (χ0v) is 12.1. The first kappa shape index (κ1) is 14.7. The molecule has 1 aliphatic rings. The van der Waals surface area contributed by atoms with E-state index in [9.17, 15) is 9.59 Å². The number of carbonyl (C=O) groups excluding carboxylic acids is 2. The van der Waals surface area contributed by atoms with Crippen LogP contribution in [0.3, 0.4) is 0 Å². The first-order chi connectivity index (χ1) is 9.63. The summed E-state index contributed by atoms with van der Waals surface area (Å²) in [6.07, 6.45) is 1.48. The Labute approximate surface area is 123 Å². The number of para-hydroxylation sites is 1. The van der Waals surface area contributed by atoms with Gasteiger partial charge >= 0.3 is 6.03 Å². The first-order valence-corrected chi connectivity index (χ1v) is 7.11. The van der Waals surface area contributed by atoms with Crippen LogP contribution in [0.2, 0.25) is 5.02 Å². The van der Waals surface area contributed by atoms with E-state index in [1.165, 1.54) is 0 Å². The second kappa shape index (κ2) is 6.61. The van der Waals surface area contributed by atoms with Crippen molar-refractivity contribution >= 4 is 29.2 Å². The Hall–Kier alpha value is -1.75. The molecule has 2 N–H and O–H groups in total. The highest BCUT2D eigenvalue weighted by atomic mass is 35.5. The highest BCUT2D eigenvalue weighted by molar-refractivity contribution is 6.33. The van der Waals surface area contributed by atoms with E-state index in [4.69, 9.17) is 11.6 Å². The average molecular weight is 296 g/mol. The molecule has 1 aliphatic heterocycles. The zero-order valence-electron chi connectivity index (χ0n) is 11.4. The van der Waals surface area contributed by atoms with Crippen LogP contribution in [0.5, 0.6) is 0 Å². The summed E-state index contributed by atoms with van der Waals surface area (Å²) >= 11 is 6.13. The van der Waals surface area contributed by atoms with Crippen LogP contribution >= 0.6 is 11.6 Å². The lowest BCUT2D eigenvalue weighted by Gasteiger charge is -2.33. The van der Waals surface area contributed by atoms with Crippen LogP contribution in [0, 0.1) is 0 Å². The van der Waals surface area contributed by atoms with E-state index in [1.807, 2.05) is 25.1 Å². The third kappa shape index (κ3) is 3.22. The number of hydrogen-bond acceptors (Lipinski definition) is 2. The van der Waals surface area contributed by atoms with Gasteiger partial charge in [-0.2, -0.15) is 0 Å². The summed E-state index contributed by atoms with van der Waals surface area (Å²) in [6, 6.07) is 6.43. The number of piperidine rings is 1. The van der Waals surface area contributed by atoms with Crippen LogP contribution in [0.1, 0.15) is 19.8 Å². The monoisotopic (exact) mass is 295 g/mol. The van der Waals surface area contributed by atoms with Gasteiger partial charge in [0.2, 0.25) is 5.91 Å². The number of halogens is 1. The summed E-state index contributed by atoms with van der Waals surface area (Å²) in [5.74, 6) is -0.115. The van der Waals surface area contributed by atoms with E-state index in [1.54, 1.807) is 11.0 Å². The molecule has 0 aromatic heterocycles. The smallest absolute Gasteiger partial charge is 0.315 e. The predicted octanol–water partition coefficient (Wildman–Crippen LogP) is 2.15. The summed E-state index contributed by atoms with van der Waals surface area (Å²) < 4.78 is 0. The van der Waals surface area contributed by atoms with Gasteiger partial charge in [-0.15, -0.1) is 0 Å². The van der Waals surface area contributed by atoms with E-state index >= 15 is 0 Å². The second-order valence-corrected chi connectivity index (χ2v) is 5.05. The minimum absolute atomic E-state index is 0.115. The minimum Gasteiger partial charge on any atom is -0.338 e. The van der Waals surface area contributed by atoms with Crippen LogP contribution in [0.15, 0.2) is 24.3 Å². The van der Waals surface area contributed by atoms with E-state index < -0.39 is 6.04 Å². The van der Waals surface area contributed by atoms with Gasteiger partial charge in [0.05, 0.1) is 10.7 Å². The molecular weight excluding hydrogens is 278 g/mol. The summed E-state index contributed by atoms with van der Waals surface area (Å²) in [4.78, 5) is 25.6. The molecule has 0 radical (unpaired) electrons. The standard InChI is InChI=1S/C14H18ClN3O2/c1-2-16-14(20)17-11-7-5-9-18(13(11)19)12-8-4-3-6-10(12)15/h3-4,6,8,11H,2,5,7,9H2,1H3,(H2,16,17,20)/t11-/m0/s1. The molecule has 20 heavy (non-hydrogen) atoms. The lowest BCUT2D eigenvalue weighted by molar-refractivity contribution is -0.121. The summed E-state index contributed by atoms with van der Waals surface area (Å²) in [7, 11) is 0. The predicted molar refractivity (Wildman–Crippen MR) is 79.0 cm³/mol. The number of anilines is 1. The number of benzene rings is 1. The molecule has 3 amide bonds. The molecule has 2 rings (SSSR count). The van der Waals surface area contributed by atoms with Crippen molar-refractivity contribution in [2.75, 3.05) is 18.0 Å². The molecule has 0 bridgehead atoms. The topological polar surface area (TPSA) is 61.4 Å². The Morgan fingerprint density at radius 1 is 1.45 bits per heavy atom. The van der Waals surface area contributed by atoms with Gasteiger partial charge in [-0.25, -0.2) is 4.79 Å². The normalized spacial score (nSPS) is 18.8. The van der Waals surface area contributed by atoms with Crippen LogP contribution in [-0.4, -0.2) is 31.1 Å². The maximum absolute atomic E-state index is 12.4. The quantitative estimate of drug-likeness (QED) is 0.897. The van der Waals surface area contributed by atoms with Gasteiger partial charge < -0.3 is 15.5 Å². The van der Waals surface area contributed by atoms with Gasteiger partial charge in [-0.3, -0.25) is 4.79 Å². The molecular formula is C14H18ClN3O2. The fourth-order valence-electron chi connectivity index (χ4n) is 2.29. The van der Waals surface area contributed by atoms with Crippen molar-refractivity contribution in [3.8, 4) is 0 Å². The second-order valence-electron chi connectivity index (χ2n) is 4.64. The lowest BCUT2D eigenvalue weighted by Crippen LogP contribution is -2.54. The molecule has 1 saturated heterocycles. The molecule has 0 aliphatic carbocycles. The van der Waals surface area contributed by atoms with Gasteiger partial charge in [-0.1, -0.05) is 23.7 Å². The Balaban J connectivity index is 2.11. The largest absolute Gasteiger partial charge is 0.338 e. The van der Waals surface area contributed by atoms with Crippen LogP contribution < -0.4 is 15.5 Å². The molecule has 5 nitrogen and oxygen atoms in total. The highest BCUT2D eigenvalue weighted by Gasteiger charge is 2.31. The molecule has 0 spiro atoms. The molecule has 6 heteroatoms. The van der Waals surface area contributed by atoms with E-state index in [2.05, 4.69) is 10.6 Å². The van der Waals surface area contributed by atoms with Crippen LogP contribution in [-0.2, 0) is 4.79 Å². The zero-order chi connectivity index (χ0) is 14.5. The number of rotatable bonds is 3. The van der Waals surface area contributed by atoms with Gasteiger partial charge in [0.15, 0.2) is 0 Å². The van der Waals surface area contributed by atoms with Crippen molar-refractivity contribution in [2.45, 2.75) is 25.8 Å². The Kier molecular flexibility index (Phi) is 4.84. The summed E-state index contributed by atoms with van der Waals surface area (Å²) in [5.41, 5.74) is 0.696. The molecule has 1 heterocycles. The number of amides is 3. The van der Waals surface area contributed by atoms with Gasteiger partial charge in [0, 0.05) is 13.1 Å². The fourth-order valence-corrected chi connectivity index (χ4v) is 2.53. The van der Waals surface area contributed by atoms with Crippen molar-refractivity contribution in [3.63, 3.8) is 0 Å². The lowest BCUT2D eigenvalue weighted by atomic mass is 10.0. The maximum Gasteiger partial charge on any atom is 0.315 e. The number of urea groups is 1. The Morgan fingerprint density at radius 3 is 2.90 bits per heavy atom. The average Bonchev–Trinajstić information content (AvgIpc) is 2.42. The van der Waals surface area contributed by atoms with Gasteiger partial charge in [-0.05, 0) is 31.9 Å². The summed E-state index contributed by atoms with van der Waals surface area (Å²) in [6.45, 7) is 2.98. The van der Waals surface area contributed by atoms with Crippen LogP contribution in [0.25, 0.3) is 0 Å². The van der Waals surface area contributed by atoms with Crippen molar-refractivity contribution in [1.29, 1.82) is 0 Å². The maximum atomic E-state index is 12.4. The Morgan fingerprint density at radius 2 is 2.20 bits per heavy atom. The summed E-state index contributed by atoms with van der Waals surface area (Å²) in [5, 5.41) is 5.88. The SMILES string of the molecule is CCNC(=O)N[C@H]1CCCN(c2ccccc2Cl)C1=O. The molecule has 1 fully saturated rings. The number of hydrogen-bond donors (Lipinski definition) is 2. The van der Waals surface area contributed by atoms with Crippen molar-refractivity contribution in [2.24, 2.45) is 0 Å². The molecule has 1 aromatic carbocycles. The third-order valence-electron chi connectivity index (χ3n) is 3.22. The number of carbonyl (C=O) groups is 2. The third-order valence-corrected chi connectivity index (χ3v) is 3.54. The van der Waals surface area contributed by atoms with Crippen molar-refractivity contribution < 1.29 is 9.59 Å². The minimum atomic E-state index is -0.494. The van der Waals surface area contributed by atoms with Gasteiger partial charge in [0.1, 0.15) is 6.04 Å². The molecule has 108 valence electrons. The number of nitrogens with zero attached hydrogens (tertiary/aromatic N) is 1. The number of nitrogens with one attached hydrogen (secondary N) is 2. The molecule has 0 saturated carbocycles. The first-order valence-electron chi connectivity index (χ1n) is 6.73. The van der Waals surface area contributed by atoms with Crippen molar-refractivity contribution in [1.82, 2.24) is 10.6 Å². The molecule has 1 atom stereocenters. The fraction of sp³-hybridized carbons (Fsp3) is 0.429. The van der Waals surface area contributed by atoms with E-state index in [0.29, 0.717) is 30.2 Å². The van der Waals surface area contributed by atoms with E-state index in [0.717, 1.165) is 6.42 Å². The molecule has 1 aromatic rings. The van der Waals surface area contributed by atoms with Crippen molar-refractivity contribution in [3.05, 3.63) is 29.3 Å². The van der Waals surface area contributed by atoms with E-state index in [-0.39, 0.29) is 11.9 Å². The Bertz CT molecular complexity index is 507. The van der Waals surface area contributed by atoms with Gasteiger partial charge in [0.25, 0.3) is 0 Å².